The number of aromatic nitrogens is 2. The van der Waals surface area contributed by atoms with Gasteiger partial charge in [-0.3, -0.25) is 4.68 Å². The molecule has 0 atom stereocenters. The van der Waals surface area contributed by atoms with Gasteiger partial charge >= 0.3 is 0 Å². The summed E-state index contributed by atoms with van der Waals surface area (Å²) in [6, 6.07) is 18.2. The van der Waals surface area contributed by atoms with Crippen molar-refractivity contribution in [2.75, 3.05) is 0 Å². The molecule has 1 radical (unpaired) electrons. The van der Waals surface area contributed by atoms with Gasteiger partial charge in [-0.25, -0.2) is 0 Å². The standard InChI is InChI=1S/C18H15N2.Ir/c1-18(2)16-7-4-3-6-14(16)15-9-8-13(12-17(15)18)20-11-5-10-19-20;/h3-7,9-12H,1-2H3;/q-1;. The fourth-order valence-electron chi connectivity index (χ4n) is 3.17. The molecule has 0 spiro atoms. The summed E-state index contributed by atoms with van der Waals surface area (Å²) < 4.78 is 1.86. The van der Waals surface area contributed by atoms with Crippen molar-refractivity contribution in [2.45, 2.75) is 19.3 Å². The summed E-state index contributed by atoms with van der Waals surface area (Å²) in [7, 11) is 0. The van der Waals surface area contributed by atoms with Gasteiger partial charge in [0.25, 0.3) is 0 Å². The first-order valence-corrected chi connectivity index (χ1v) is 6.84. The van der Waals surface area contributed by atoms with Crippen molar-refractivity contribution >= 4 is 0 Å². The van der Waals surface area contributed by atoms with Crippen molar-refractivity contribution in [1.82, 2.24) is 9.78 Å². The molecular formula is C18H15IrN2-. The van der Waals surface area contributed by atoms with E-state index < -0.39 is 0 Å². The van der Waals surface area contributed by atoms with Crippen molar-refractivity contribution in [3.05, 3.63) is 72.1 Å². The Morgan fingerprint density at radius 2 is 1.86 bits per heavy atom. The second-order valence-electron chi connectivity index (χ2n) is 5.77. The first-order valence-electron chi connectivity index (χ1n) is 6.84. The predicted octanol–water partition coefficient (Wildman–Crippen LogP) is 3.98. The SMILES string of the molecule is CC1(C)c2ccccc2-c2c[c-]c(-n3cccn3)cc21.[Ir]. The van der Waals surface area contributed by atoms with Gasteiger partial charge in [0.2, 0.25) is 0 Å². The quantitative estimate of drug-likeness (QED) is 0.512. The molecule has 0 unspecified atom stereocenters. The van der Waals surface area contributed by atoms with Crippen LogP contribution in [0.15, 0.2) is 54.9 Å². The topological polar surface area (TPSA) is 17.8 Å². The zero-order valence-electron chi connectivity index (χ0n) is 11.9. The summed E-state index contributed by atoms with van der Waals surface area (Å²) in [6.07, 6.45) is 3.74. The summed E-state index contributed by atoms with van der Waals surface area (Å²) in [4.78, 5) is 0. The normalized spacial score (nSPS) is 14.2. The second-order valence-corrected chi connectivity index (χ2v) is 5.77. The van der Waals surface area contributed by atoms with Gasteiger partial charge < -0.3 is 0 Å². The second kappa shape index (κ2) is 4.94. The van der Waals surface area contributed by atoms with Crippen LogP contribution in [0, 0.1) is 6.07 Å². The molecule has 0 saturated heterocycles. The fourth-order valence-corrected chi connectivity index (χ4v) is 3.17. The van der Waals surface area contributed by atoms with Crippen molar-refractivity contribution in [1.29, 1.82) is 0 Å². The van der Waals surface area contributed by atoms with Crippen LogP contribution in [-0.2, 0) is 25.5 Å². The third kappa shape index (κ3) is 2.00. The summed E-state index contributed by atoms with van der Waals surface area (Å²) in [5, 5.41) is 4.29. The molecule has 3 aromatic rings. The van der Waals surface area contributed by atoms with E-state index in [0.29, 0.717) is 0 Å². The molecule has 0 amide bonds. The van der Waals surface area contributed by atoms with Crippen LogP contribution in [0.4, 0.5) is 0 Å². The van der Waals surface area contributed by atoms with Gasteiger partial charge in [0.05, 0.1) is 0 Å². The Labute approximate surface area is 138 Å². The van der Waals surface area contributed by atoms with Crippen LogP contribution < -0.4 is 0 Å². The van der Waals surface area contributed by atoms with Crippen LogP contribution in [0.25, 0.3) is 16.8 Å². The molecular weight excluding hydrogens is 436 g/mol. The third-order valence-electron chi connectivity index (χ3n) is 4.25. The van der Waals surface area contributed by atoms with Crippen molar-refractivity contribution < 1.29 is 20.1 Å². The van der Waals surface area contributed by atoms with Crippen LogP contribution in [0.2, 0.25) is 0 Å². The summed E-state index contributed by atoms with van der Waals surface area (Å²) >= 11 is 0. The van der Waals surface area contributed by atoms with Crippen LogP contribution in [0.1, 0.15) is 25.0 Å². The Morgan fingerprint density at radius 1 is 1.05 bits per heavy atom. The number of hydrogen-bond donors (Lipinski definition) is 0. The molecule has 2 aromatic carbocycles. The molecule has 1 heterocycles. The van der Waals surface area contributed by atoms with E-state index in [9.17, 15) is 0 Å². The van der Waals surface area contributed by atoms with Crippen LogP contribution in [-0.4, -0.2) is 9.78 Å². The molecule has 3 heteroatoms. The third-order valence-corrected chi connectivity index (χ3v) is 4.25. The minimum absolute atomic E-state index is 0. The average Bonchev–Trinajstić information content (AvgIpc) is 3.07. The molecule has 2 nitrogen and oxygen atoms in total. The van der Waals surface area contributed by atoms with E-state index in [1.165, 1.54) is 22.3 Å². The molecule has 0 aliphatic heterocycles. The van der Waals surface area contributed by atoms with Gasteiger partial charge in [-0.05, 0) is 22.7 Å². The Hall–Kier alpha value is -1.70. The Morgan fingerprint density at radius 3 is 2.62 bits per heavy atom. The first-order chi connectivity index (χ1) is 9.68. The van der Waals surface area contributed by atoms with E-state index in [0.717, 1.165) is 5.69 Å². The van der Waals surface area contributed by atoms with Gasteiger partial charge in [0, 0.05) is 32.5 Å². The van der Waals surface area contributed by atoms with Crippen LogP contribution >= 0.6 is 0 Å². The van der Waals surface area contributed by atoms with Crippen molar-refractivity contribution in [3.63, 3.8) is 0 Å². The van der Waals surface area contributed by atoms with E-state index in [-0.39, 0.29) is 25.5 Å². The summed E-state index contributed by atoms with van der Waals surface area (Å²) in [5.41, 5.74) is 6.39. The molecule has 21 heavy (non-hydrogen) atoms. The minimum Gasteiger partial charge on any atom is -0.266 e. The molecule has 0 bridgehead atoms. The van der Waals surface area contributed by atoms with Gasteiger partial charge in [0.1, 0.15) is 0 Å². The van der Waals surface area contributed by atoms with Crippen molar-refractivity contribution in [2.24, 2.45) is 0 Å². The summed E-state index contributed by atoms with van der Waals surface area (Å²) in [5.74, 6) is 0. The zero-order chi connectivity index (χ0) is 13.7. The first kappa shape index (κ1) is 14.2. The minimum atomic E-state index is 0. The number of fused-ring (bicyclic) bond motifs is 3. The molecule has 1 aliphatic rings. The van der Waals surface area contributed by atoms with E-state index >= 15 is 0 Å². The number of rotatable bonds is 1. The van der Waals surface area contributed by atoms with Crippen LogP contribution in [0.3, 0.4) is 0 Å². The maximum absolute atomic E-state index is 4.29. The van der Waals surface area contributed by atoms with Crippen molar-refractivity contribution in [3.8, 4) is 16.8 Å². The molecule has 4 rings (SSSR count). The molecule has 1 aliphatic carbocycles. The molecule has 1 aromatic heterocycles. The summed E-state index contributed by atoms with van der Waals surface area (Å²) in [6.45, 7) is 4.56. The smallest absolute Gasteiger partial charge is 0.0493 e. The van der Waals surface area contributed by atoms with E-state index in [1.54, 1.807) is 6.20 Å². The number of benzene rings is 2. The van der Waals surface area contributed by atoms with Crippen LogP contribution in [0.5, 0.6) is 0 Å². The number of nitrogens with zero attached hydrogens (tertiary/aromatic N) is 2. The fraction of sp³-hybridized carbons (Fsp3) is 0.167. The largest absolute Gasteiger partial charge is 0.266 e. The van der Waals surface area contributed by atoms with E-state index in [2.05, 4.69) is 61.4 Å². The average molecular weight is 452 g/mol. The maximum Gasteiger partial charge on any atom is 0.0493 e. The Balaban J connectivity index is 0.00000132. The Kier molecular flexibility index (Phi) is 3.35. The Bertz CT molecular complexity index is 789. The monoisotopic (exact) mass is 452 g/mol. The zero-order valence-corrected chi connectivity index (χ0v) is 14.3. The van der Waals surface area contributed by atoms with E-state index in [1.807, 2.05) is 16.9 Å². The number of hydrogen-bond acceptors (Lipinski definition) is 1. The molecule has 0 saturated carbocycles. The predicted molar refractivity (Wildman–Crippen MR) is 80.0 cm³/mol. The molecule has 0 N–H and O–H groups in total. The maximum atomic E-state index is 4.29. The molecule has 107 valence electrons. The molecule has 0 fully saturated rings. The van der Waals surface area contributed by atoms with Gasteiger partial charge in [0.15, 0.2) is 0 Å². The van der Waals surface area contributed by atoms with Gasteiger partial charge in [-0.15, -0.1) is 17.2 Å². The van der Waals surface area contributed by atoms with Gasteiger partial charge in [-0.2, -0.15) is 17.2 Å². The van der Waals surface area contributed by atoms with E-state index in [4.69, 9.17) is 0 Å². The van der Waals surface area contributed by atoms with Gasteiger partial charge in [-0.1, -0.05) is 43.7 Å².